The molecule has 1 fully saturated rings. The van der Waals surface area contributed by atoms with Gasteiger partial charge in [-0.2, -0.15) is 0 Å². The molecule has 0 spiro atoms. The lowest BCUT2D eigenvalue weighted by Crippen LogP contribution is -2.34. The van der Waals surface area contributed by atoms with Crippen LogP contribution in [0.4, 0.5) is 0 Å². The fourth-order valence-corrected chi connectivity index (χ4v) is 4.66. The van der Waals surface area contributed by atoms with Crippen LogP contribution in [-0.4, -0.2) is 37.7 Å². The zero-order chi connectivity index (χ0) is 15.1. The number of piperidine rings is 1. The van der Waals surface area contributed by atoms with Crippen molar-refractivity contribution in [2.45, 2.75) is 58.5 Å². The van der Waals surface area contributed by atoms with Gasteiger partial charge in [0, 0.05) is 30.3 Å². The summed E-state index contributed by atoms with van der Waals surface area (Å²) in [6, 6.07) is 0. The van der Waals surface area contributed by atoms with E-state index in [0.717, 1.165) is 26.1 Å². The van der Waals surface area contributed by atoms with E-state index in [2.05, 4.69) is 33.5 Å². The van der Waals surface area contributed by atoms with Crippen LogP contribution in [0.1, 0.15) is 52.4 Å². The van der Waals surface area contributed by atoms with Crippen LogP contribution in [0.15, 0.2) is 0 Å². The van der Waals surface area contributed by atoms with E-state index in [4.69, 9.17) is 4.98 Å². The third-order valence-corrected chi connectivity index (χ3v) is 6.00. The molecule has 5 nitrogen and oxygen atoms in total. The van der Waals surface area contributed by atoms with Gasteiger partial charge in [-0.3, -0.25) is 4.90 Å². The number of fused-ring (bicyclic) bond motifs is 1. The molecule has 0 bridgehead atoms. The van der Waals surface area contributed by atoms with Crippen LogP contribution in [-0.2, 0) is 19.5 Å². The van der Waals surface area contributed by atoms with Gasteiger partial charge < -0.3 is 4.57 Å². The molecule has 0 aliphatic carbocycles. The molecule has 0 radical (unpaired) electrons. The third-order valence-electron chi connectivity index (χ3n) is 4.94. The Bertz CT molecular complexity index is 655. The van der Waals surface area contributed by atoms with Gasteiger partial charge in [-0.15, -0.1) is 21.5 Å². The van der Waals surface area contributed by atoms with Crippen LogP contribution >= 0.6 is 11.3 Å². The van der Waals surface area contributed by atoms with Crippen molar-refractivity contribution in [1.29, 1.82) is 0 Å². The van der Waals surface area contributed by atoms with Crippen molar-refractivity contribution in [2.24, 2.45) is 0 Å². The van der Waals surface area contributed by atoms with Crippen molar-refractivity contribution >= 4 is 11.3 Å². The van der Waals surface area contributed by atoms with Crippen LogP contribution in [0.25, 0.3) is 0 Å². The van der Waals surface area contributed by atoms with Crippen molar-refractivity contribution in [3.8, 4) is 0 Å². The van der Waals surface area contributed by atoms with Gasteiger partial charge >= 0.3 is 0 Å². The van der Waals surface area contributed by atoms with E-state index in [1.165, 1.54) is 53.0 Å². The van der Waals surface area contributed by atoms with Gasteiger partial charge in [0.2, 0.25) is 0 Å². The normalized spacial score (nSPS) is 22.2. The summed E-state index contributed by atoms with van der Waals surface area (Å²) in [5, 5.41) is 10.1. The molecule has 2 aromatic rings. The highest BCUT2D eigenvalue weighted by molar-refractivity contribution is 7.11. The average molecular weight is 317 g/mol. The molecule has 2 aromatic heterocycles. The highest BCUT2D eigenvalue weighted by Gasteiger charge is 2.28. The van der Waals surface area contributed by atoms with Crippen molar-refractivity contribution in [3.63, 3.8) is 0 Å². The summed E-state index contributed by atoms with van der Waals surface area (Å²) < 4.78 is 2.37. The van der Waals surface area contributed by atoms with E-state index >= 15 is 0 Å². The maximum atomic E-state index is 4.69. The molecule has 2 aliphatic heterocycles. The van der Waals surface area contributed by atoms with E-state index in [9.17, 15) is 0 Å². The fraction of sp³-hybridized carbons (Fsp3) is 0.688. The first-order chi connectivity index (χ1) is 10.7. The Labute approximate surface area is 135 Å². The minimum Gasteiger partial charge on any atom is -0.315 e. The highest BCUT2D eigenvalue weighted by atomic mass is 32.1. The standard InChI is InChI=1S/C16H23N5S/c1-11-12(2)22-15(17-11)10-20-7-3-5-13(9-20)16-19-18-14-6-4-8-21(14)16/h13H,3-10H2,1-2H3/t13-/m0/s1. The summed E-state index contributed by atoms with van der Waals surface area (Å²) in [4.78, 5) is 8.58. The Kier molecular flexibility index (Phi) is 3.74. The molecule has 0 N–H and O–H groups in total. The number of aryl methyl sites for hydroxylation is 3. The SMILES string of the molecule is Cc1nc(CN2CCC[C@H](c3nnc4n3CCC4)C2)sc1C. The lowest BCUT2D eigenvalue weighted by molar-refractivity contribution is 0.194. The Balaban J connectivity index is 1.47. The summed E-state index contributed by atoms with van der Waals surface area (Å²) in [7, 11) is 0. The topological polar surface area (TPSA) is 46.8 Å². The second-order valence-electron chi connectivity index (χ2n) is 6.55. The summed E-state index contributed by atoms with van der Waals surface area (Å²) in [6.07, 6.45) is 4.81. The van der Waals surface area contributed by atoms with Gasteiger partial charge in [0.25, 0.3) is 0 Å². The molecule has 4 heterocycles. The largest absolute Gasteiger partial charge is 0.315 e. The second kappa shape index (κ2) is 5.74. The first kappa shape index (κ1) is 14.3. The Hall–Kier alpha value is -1.27. The minimum absolute atomic E-state index is 0.537. The van der Waals surface area contributed by atoms with Gasteiger partial charge in [-0.25, -0.2) is 4.98 Å². The van der Waals surface area contributed by atoms with Gasteiger partial charge in [-0.05, 0) is 39.7 Å². The summed E-state index contributed by atoms with van der Waals surface area (Å²) in [5.74, 6) is 2.96. The minimum atomic E-state index is 0.537. The maximum Gasteiger partial charge on any atom is 0.137 e. The first-order valence-electron chi connectivity index (χ1n) is 8.28. The summed E-state index contributed by atoms with van der Waals surface area (Å²) >= 11 is 1.84. The number of thiazole rings is 1. The number of hydrogen-bond donors (Lipinski definition) is 0. The molecule has 118 valence electrons. The predicted molar refractivity (Wildman–Crippen MR) is 87.2 cm³/mol. The van der Waals surface area contributed by atoms with Gasteiger partial charge in [-0.1, -0.05) is 0 Å². The third kappa shape index (κ3) is 2.58. The molecule has 6 heteroatoms. The average Bonchev–Trinajstić information content (AvgIpc) is 3.16. The maximum absolute atomic E-state index is 4.69. The summed E-state index contributed by atoms with van der Waals surface area (Å²) in [5.41, 5.74) is 1.18. The molecule has 0 saturated carbocycles. The van der Waals surface area contributed by atoms with Crippen LogP contribution in [0, 0.1) is 13.8 Å². The van der Waals surface area contributed by atoms with Crippen LogP contribution < -0.4 is 0 Å². The number of rotatable bonds is 3. The quantitative estimate of drug-likeness (QED) is 0.873. The van der Waals surface area contributed by atoms with E-state index in [-0.39, 0.29) is 0 Å². The van der Waals surface area contributed by atoms with Gasteiger partial charge in [0.05, 0.1) is 12.2 Å². The van der Waals surface area contributed by atoms with Crippen LogP contribution in [0.2, 0.25) is 0 Å². The Morgan fingerprint density at radius 2 is 2.09 bits per heavy atom. The van der Waals surface area contributed by atoms with Crippen molar-refractivity contribution in [1.82, 2.24) is 24.6 Å². The van der Waals surface area contributed by atoms with Crippen molar-refractivity contribution in [2.75, 3.05) is 13.1 Å². The number of hydrogen-bond acceptors (Lipinski definition) is 5. The van der Waals surface area contributed by atoms with Gasteiger partial charge in [0.15, 0.2) is 0 Å². The molecule has 4 rings (SSSR count). The Morgan fingerprint density at radius 1 is 1.18 bits per heavy atom. The van der Waals surface area contributed by atoms with Gasteiger partial charge in [0.1, 0.15) is 16.7 Å². The Morgan fingerprint density at radius 3 is 2.91 bits per heavy atom. The number of nitrogens with zero attached hydrogens (tertiary/aromatic N) is 5. The zero-order valence-electron chi connectivity index (χ0n) is 13.4. The smallest absolute Gasteiger partial charge is 0.137 e. The van der Waals surface area contributed by atoms with E-state index < -0.39 is 0 Å². The molecule has 0 aromatic carbocycles. The number of likely N-dealkylation sites (tertiary alicyclic amines) is 1. The second-order valence-corrected chi connectivity index (χ2v) is 7.84. The molecule has 2 aliphatic rings. The van der Waals surface area contributed by atoms with E-state index in [1.54, 1.807) is 0 Å². The fourth-order valence-electron chi connectivity index (χ4n) is 3.68. The van der Waals surface area contributed by atoms with Crippen molar-refractivity contribution < 1.29 is 0 Å². The highest BCUT2D eigenvalue weighted by Crippen LogP contribution is 2.29. The molecular formula is C16H23N5S. The molecule has 22 heavy (non-hydrogen) atoms. The molecule has 0 unspecified atom stereocenters. The molecular weight excluding hydrogens is 294 g/mol. The van der Waals surface area contributed by atoms with E-state index in [1.807, 2.05) is 11.3 Å². The number of aromatic nitrogens is 4. The first-order valence-corrected chi connectivity index (χ1v) is 9.09. The monoisotopic (exact) mass is 317 g/mol. The lowest BCUT2D eigenvalue weighted by Gasteiger charge is -2.31. The van der Waals surface area contributed by atoms with E-state index in [0.29, 0.717) is 5.92 Å². The van der Waals surface area contributed by atoms with Crippen LogP contribution in [0.5, 0.6) is 0 Å². The lowest BCUT2D eigenvalue weighted by atomic mass is 9.97. The molecule has 1 atom stereocenters. The van der Waals surface area contributed by atoms with Crippen molar-refractivity contribution in [3.05, 3.63) is 27.2 Å². The molecule has 0 amide bonds. The predicted octanol–water partition coefficient (Wildman–Crippen LogP) is 2.68. The molecule has 1 saturated heterocycles. The zero-order valence-corrected chi connectivity index (χ0v) is 14.2. The summed E-state index contributed by atoms with van der Waals surface area (Å²) in [6.45, 7) is 8.63. The van der Waals surface area contributed by atoms with Crippen LogP contribution in [0.3, 0.4) is 0 Å².